The number of carbonyl (C=O) groups is 2. The average Bonchev–Trinajstić information content (AvgIpc) is 2.64. The van der Waals surface area contributed by atoms with E-state index in [1.165, 1.54) is 4.90 Å². The Bertz CT molecular complexity index is 490. The zero-order chi connectivity index (χ0) is 12.6. The van der Waals surface area contributed by atoms with E-state index in [4.69, 9.17) is 23.2 Å². The molecule has 1 aliphatic heterocycles. The maximum atomic E-state index is 11.7. The molecule has 1 aliphatic rings. The van der Waals surface area contributed by atoms with Gasteiger partial charge in [0, 0.05) is 29.9 Å². The summed E-state index contributed by atoms with van der Waals surface area (Å²) in [5.41, 5.74) is 0.438. The van der Waals surface area contributed by atoms with Gasteiger partial charge in [-0.3, -0.25) is 4.79 Å². The quantitative estimate of drug-likeness (QED) is 0.810. The summed E-state index contributed by atoms with van der Waals surface area (Å²) in [5.74, 6) is -2.31. The highest BCUT2D eigenvalue weighted by Gasteiger charge is 2.32. The van der Waals surface area contributed by atoms with Crippen molar-refractivity contribution in [3.8, 4) is 0 Å². The highest BCUT2D eigenvalue weighted by Crippen LogP contribution is 2.33. The molecule has 1 aromatic carbocycles. The van der Waals surface area contributed by atoms with Crippen LogP contribution in [0.3, 0.4) is 0 Å². The number of carbonyl (C=O) groups excluding carboxylic acids is 2. The molecule has 0 bridgehead atoms. The van der Waals surface area contributed by atoms with Gasteiger partial charge in [-0.15, -0.1) is 0 Å². The molecular formula is C11H8Cl2NO3-. The van der Waals surface area contributed by atoms with Crippen LogP contribution in [0, 0.1) is 5.92 Å². The molecule has 0 aromatic heterocycles. The summed E-state index contributed by atoms with van der Waals surface area (Å²) in [6.07, 6.45) is -0.0643. The van der Waals surface area contributed by atoms with E-state index in [1.807, 2.05) is 0 Å². The topological polar surface area (TPSA) is 60.4 Å². The van der Waals surface area contributed by atoms with Crippen LogP contribution in [0.15, 0.2) is 18.2 Å². The number of halogens is 2. The zero-order valence-electron chi connectivity index (χ0n) is 8.65. The second-order valence-corrected chi connectivity index (χ2v) is 4.66. The molecule has 0 saturated carbocycles. The van der Waals surface area contributed by atoms with Crippen LogP contribution in [-0.4, -0.2) is 18.4 Å². The third-order valence-corrected chi connectivity index (χ3v) is 3.21. The molecule has 0 spiro atoms. The SMILES string of the molecule is O=C([O-])[C@@H]1CC(=O)N(c2cc(Cl)ccc2Cl)C1. The van der Waals surface area contributed by atoms with E-state index < -0.39 is 11.9 Å². The first kappa shape index (κ1) is 12.2. The third-order valence-electron chi connectivity index (χ3n) is 2.66. The molecule has 90 valence electrons. The fourth-order valence-corrected chi connectivity index (χ4v) is 2.18. The summed E-state index contributed by atoms with van der Waals surface area (Å²) in [4.78, 5) is 23.7. The van der Waals surface area contributed by atoms with Gasteiger partial charge in [0.1, 0.15) is 0 Å². The van der Waals surface area contributed by atoms with Crippen molar-refractivity contribution < 1.29 is 14.7 Å². The first-order valence-electron chi connectivity index (χ1n) is 4.95. The van der Waals surface area contributed by atoms with E-state index >= 15 is 0 Å². The fourth-order valence-electron chi connectivity index (χ4n) is 1.79. The Balaban J connectivity index is 2.32. The Hall–Kier alpha value is -1.26. The molecular weight excluding hydrogens is 265 g/mol. The van der Waals surface area contributed by atoms with Crippen LogP contribution in [0.25, 0.3) is 0 Å². The molecule has 2 rings (SSSR count). The van der Waals surface area contributed by atoms with Crippen molar-refractivity contribution >= 4 is 40.8 Å². The molecule has 1 amide bonds. The van der Waals surface area contributed by atoms with Gasteiger partial charge in [-0.25, -0.2) is 0 Å². The van der Waals surface area contributed by atoms with Gasteiger partial charge >= 0.3 is 0 Å². The Morgan fingerprint density at radius 2 is 2.12 bits per heavy atom. The number of carboxylic acids is 1. The number of benzene rings is 1. The minimum absolute atomic E-state index is 0.0643. The second kappa shape index (κ2) is 4.55. The minimum Gasteiger partial charge on any atom is -0.550 e. The molecule has 0 unspecified atom stereocenters. The van der Waals surface area contributed by atoms with E-state index in [1.54, 1.807) is 18.2 Å². The van der Waals surface area contributed by atoms with Gasteiger partial charge in [-0.05, 0) is 18.2 Å². The first-order chi connectivity index (χ1) is 7.99. The number of aliphatic carboxylic acids is 1. The molecule has 0 N–H and O–H groups in total. The number of carboxylic acid groups (broad SMARTS) is 1. The molecule has 4 nitrogen and oxygen atoms in total. The fraction of sp³-hybridized carbons (Fsp3) is 0.273. The summed E-state index contributed by atoms with van der Waals surface area (Å²) in [7, 11) is 0. The zero-order valence-corrected chi connectivity index (χ0v) is 10.2. The smallest absolute Gasteiger partial charge is 0.227 e. The third kappa shape index (κ3) is 2.37. The molecule has 1 atom stereocenters. The number of hydrogen-bond donors (Lipinski definition) is 0. The van der Waals surface area contributed by atoms with Crippen molar-refractivity contribution in [2.75, 3.05) is 11.4 Å². The first-order valence-corrected chi connectivity index (χ1v) is 5.71. The maximum Gasteiger partial charge on any atom is 0.227 e. The summed E-state index contributed by atoms with van der Waals surface area (Å²) in [6, 6.07) is 4.71. The van der Waals surface area contributed by atoms with Crippen LogP contribution in [0.4, 0.5) is 5.69 Å². The predicted molar refractivity (Wildman–Crippen MR) is 61.9 cm³/mol. The van der Waals surface area contributed by atoms with Crippen molar-refractivity contribution in [3.05, 3.63) is 28.2 Å². The molecule has 1 aromatic rings. The van der Waals surface area contributed by atoms with Gasteiger partial charge < -0.3 is 14.8 Å². The Morgan fingerprint density at radius 1 is 1.41 bits per heavy atom. The van der Waals surface area contributed by atoms with Gasteiger partial charge in [-0.2, -0.15) is 0 Å². The lowest BCUT2D eigenvalue weighted by atomic mass is 10.1. The highest BCUT2D eigenvalue weighted by atomic mass is 35.5. The molecule has 1 fully saturated rings. The monoisotopic (exact) mass is 272 g/mol. The largest absolute Gasteiger partial charge is 0.550 e. The molecule has 0 aliphatic carbocycles. The van der Waals surface area contributed by atoms with E-state index in [2.05, 4.69) is 0 Å². The Kier molecular flexibility index (Phi) is 3.26. The number of anilines is 1. The van der Waals surface area contributed by atoms with Crippen molar-refractivity contribution in [2.45, 2.75) is 6.42 Å². The van der Waals surface area contributed by atoms with E-state index in [9.17, 15) is 14.7 Å². The van der Waals surface area contributed by atoms with Crippen molar-refractivity contribution in [1.29, 1.82) is 0 Å². The summed E-state index contributed by atoms with van der Waals surface area (Å²) in [5, 5.41) is 11.5. The van der Waals surface area contributed by atoms with Crippen molar-refractivity contribution in [3.63, 3.8) is 0 Å². The Labute approximate surface area is 108 Å². The molecule has 1 heterocycles. The molecule has 1 saturated heterocycles. The lowest BCUT2D eigenvalue weighted by Crippen LogP contribution is -2.33. The van der Waals surface area contributed by atoms with Crippen LogP contribution in [-0.2, 0) is 9.59 Å². The van der Waals surface area contributed by atoms with Gasteiger partial charge in [0.2, 0.25) is 5.91 Å². The average molecular weight is 273 g/mol. The normalized spacial score (nSPS) is 19.8. The number of rotatable bonds is 2. The van der Waals surface area contributed by atoms with Crippen molar-refractivity contribution in [1.82, 2.24) is 0 Å². The number of nitrogens with zero attached hydrogens (tertiary/aromatic N) is 1. The van der Waals surface area contributed by atoms with Crippen LogP contribution in [0.5, 0.6) is 0 Å². The van der Waals surface area contributed by atoms with Gasteiger partial charge in [0.05, 0.1) is 10.7 Å². The van der Waals surface area contributed by atoms with E-state index in [-0.39, 0.29) is 18.9 Å². The highest BCUT2D eigenvalue weighted by molar-refractivity contribution is 6.35. The minimum atomic E-state index is -1.22. The predicted octanol–water partition coefficient (Wildman–Crippen LogP) is 1.10. The Morgan fingerprint density at radius 3 is 2.71 bits per heavy atom. The van der Waals surface area contributed by atoms with E-state index in [0.717, 1.165) is 0 Å². The van der Waals surface area contributed by atoms with Gasteiger partial charge in [0.15, 0.2) is 0 Å². The lowest BCUT2D eigenvalue weighted by molar-refractivity contribution is -0.310. The van der Waals surface area contributed by atoms with E-state index in [0.29, 0.717) is 15.7 Å². The van der Waals surface area contributed by atoms with Gasteiger partial charge in [-0.1, -0.05) is 23.2 Å². The maximum absolute atomic E-state index is 11.7. The lowest BCUT2D eigenvalue weighted by Gasteiger charge is -2.18. The summed E-state index contributed by atoms with van der Waals surface area (Å²) in [6.45, 7) is 0.0707. The van der Waals surface area contributed by atoms with Crippen LogP contribution in [0.2, 0.25) is 10.0 Å². The molecule has 0 radical (unpaired) electrons. The molecule has 6 heteroatoms. The van der Waals surface area contributed by atoms with Gasteiger partial charge in [0.25, 0.3) is 0 Å². The molecule has 17 heavy (non-hydrogen) atoms. The summed E-state index contributed by atoms with van der Waals surface area (Å²) >= 11 is 11.8. The summed E-state index contributed by atoms with van der Waals surface area (Å²) < 4.78 is 0. The number of hydrogen-bond acceptors (Lipinski definition) is 3. The van der Waals surface area contributed by atoms with Crippen molar-refractivity contribution in [2.24, 2.45) is 5.92 Å². The standard InChI is InChI=1S/C11H9Cl2NO3/c12-7-1-2-8(13)9(4-7)14-5-6(11(16)17)3-10(14)15/h1-2,4,6H,3,5H2,(H,16,17)/p-1/t6-/m1/s1. The van der Waals surface area contributed by atoms with Crippen LogP contribution >= 0.6 is 23.2 Å². The van der Waals surface area contributed by atoms with Crippen LogP contribution in [0.1, 0.15) is 6.42 Å². The number of amides is 1. The van der Waals surface area contributed by atoms with Crippen LogP contribution < -0.4 is 10.0 Å². The second-order valence-electron chi connectivity index (χ2n) is 3.82.